The lowest BCUT2D eigenvalue weighted by atomic mass is 9.85. The standard InChI is InChI=1S/C11H19NO3/c1-11(7-15-8-11)6-12-4-9(5-12)2-3-10(13)14/h9H,2-8H2,1H3,(H,13,14). The molecule has 0 bridgehead atoms. The van der Waals surface area contributed by atoms with Gasteiger partial charge < -0.3 is 14.7 Å². The van der Waals surface area contributed by atoms with Gasteiger partial charge >= 0.3 is 5.97 Å². The SMILES string of the molecule is CC1(CN2CC(CCC(=O)O)C2)COC1. The number of carboxylic acid groups (broad SMARTS) is 1. The normalized spacial score (nSPS) is 25.7. The first-order valence-corrected chi connectivity index (χ1v) is 5.59. The molecule has 1 N–H and O–H groups in total. The summed E-state index contributed by atoms with van der Waals surface area (Å²) < 4.78 is 5.21. The summed E-state index contributed by atoms with van der Waals surface area (Å²) in [5.41, 5.74) is 0.359. The van der Waals surface area contributed by atoms with E-state index in [9.17, 15) is 4.79 Å². The van der Waals surface area contributed by atoms with Crippen LogP contribution in [-0.4, -0.2) is 48.8 Å². The Kier molecular flexibility index (Phi) is 2.98. The lowest BCUT2D eigenvalue weighted by molar-refractivity contribution is -0.138. The van der Waals surface area contributed by atoms with E-state index in [-0.39, 0.29) is 0 Å². The Labute approximate surface area is 90.2 Å². The smallest absolute Gasteiger partial charge is 0.303 e. The molecule has 2 saturated heterocycles. The largest absolute Gasteiger partial charge is 0.481 e. The van der Waals surface area contributed by atoms with Crippen LogP contribution >= 0.6 is 0 Å². The van der Waals surface area contributed by atoms with Crippen molar-refractivity contribution in [3.8, 4) is 0 Å². The third-order valence-electron chi connectivity index (χ3n) is 3.31. The summed E-state index contributed by atoms with van der Waals surface area (Å²) in [6, 6.07) is 0. The zero-order valence-electron chi connectivity index (χ0n) is 9.24. The highest BCUT2D eigenvalue weighted by molar-refractivity contribution is 5.66. The van der Waals surface area contributed by atoms with Gasteiger partial charge in [-0.25, -0.2) is 0 Å². The summed E-state index contributed by atoms with van der Waals surface area (Å²) in [6.45, 7) is 7.26. The first-order chi connectivity index (χ1) is 7.07. The summed E-state index contributed by atoms with van der Waals surface area (Å²) in [7, 11) is 0. The predicted molar refractivity (Wildman–Crippen MR) is 55.7 cm³/mol. The molecule has 15 heavy (non-hydrogen) atoms. The van der Waals surface area contributed by atoms with Crippen molar-refractivity contribution in [3.05, 3.63) is 0 Å². The summed E-state index contributed by atoms with van der Waals surface area (Å²) in [5.74, 6) is -0.0708. The Morgan fingerprint density at radius 1 is 1.53 bits per heavy atom. The van der Waals surface area contributed by atoms with Crippen LogP contribution in [0.3, 0.4) is 0 Å². The van der Waals surface area contributed by atoms with Crippen molar-refractivity contribution in [2.24, 2.45) is 11.3 Å². The molecule has 4 heteroatoms. The number of likely N-dealkylation sites (tertiary alicyclic amines) is 1. The molecule has 2 aliphatic heterocycles. The van der Waals surface area contributed by atoms with Gasteiger partial charge in [-0.2, -0.15) is 0 Å². The Balaban J connectivity index is 1.59. The van der Waals surface area contributed by atoms with Gasteiger partial charge in [0, 0.05) is 31.5 Å². The summed E-state index contributed by atoms with van der Waals surface area (Å²) >= 11 is 0. The quantitative estimate of drug-likeness (QED) is 0.734. The van der Waals surface area contributed by atoms with Crippen molar-refractivity contribution in [3.63, 3.8) is 0 Å². The van der Waals surface area contributed by atoms with Gasteiger partial charge in [0.05, 0.1) is 13.2 Å². The first-order valence-electron chi connectivity index (χ1n) is 5.59. The van der Waals surface area contributed by atoms with Crippen molar-refractivity contribution in [2.75, 3.05) is 32.8 Å². The van der Waals surface area contributed by atoms with Gasteiger partial charge in [-0.05, 0) is 12.3 Å². The van der Waals surface area contributed by atoms with E-state index >= 15 is 0 Å². The molecule has 2 heterocycles. The predicted octanol–water partition coefficient (Wildman–Crippen LogP) is 0.820. The van der Waals surface area contributed by atoms with Crippen LogP contribution in [0.2, 0.25) is 0 Å². The van der Waals surface area contributed by atoms with Crippen LogP contribution in [0.1, 0.15) is 19.8 Å². The maximum Gasteiger partial charge on any atom is 0.303 e. The highest BCUT2D eigenvalue weighted by atomic mass is 16.5. The second-order valence-corrected chi connectivity index (χ2v) is 5.30. The highest BCUT2D eigenvalue weighted by Crippen LogP contribution is 2.31. The van der Waals surface area contributed by atoms with E-state index in [2.05, 4.69) is 11.8 Å². The fraction of sp³-hybridized carbons (Fsp3) is 0.909. The Morgan fingerprint density at radius 3 is 2.67 bits per heavy atom. The van der Waals surface area contributed by atoms with Crippen LogP contribution in [0.25, 0.3) is 0 Å². The fourth-order valence-electron chi connectivity index (χ4n) is 2.40. The molecule has 0 aromatic carbocycles. The van der Waals surface area contributed by atoms with Crippen LogP contribution in [0.4, 0.5) is 0 Å². The first kappa shape index (κ1) is 10.9. The van der Waals surface area contributed by atoms with E-state index in [4.69, 9.17) is 9.84 Å². The van der Waals surface area contributed by atoms with Gasteiger partial charge in [-0.1, -0.05) is 6.92 Å². The van der Waals surface area contributed by atoms with Gasteiger partial charge in [0.25, 0.3) is 0 Å². The van der Waals surface area contributed by atoms with Crippen LogP contribution < -0.4 is 0 Å². The van der Waals surface area contributed by atoms with Crippen LogP contribution in [0.5, 0.6) is 0 Å². The molecule has 0 radical (unpaired) electrons. The molecule has 0 saturated carbocycles. The van der Waals surface area contributed by atoms with Crippen molar-refractivity contribution in [1.82, 2.24) is 4.90 Å². The third kappa shape index (κ3) is 2.69. The number of ether oxygens (including phenoxy) is 1. The molecule has 2 aliphatic rings. The van der Waals surface area contributed by atoms with Gasteiger partial charge in [0.1, 0.15) is 0 Å². The molecule has 0 amide bonds. The molecule has 0 atom stereocenters. The van der Waals surface area contributed by atoms with E-state index < -0.39 is 5.97 Å². The molecule has 0 spiro atoms. The van der Waals surface area contributed by atoms with Crippen LogP contribution in [0, 0.1) is 11.3 Å². The number of carbonyl (C=O) groups is 1. The summed E-state index contributed by atoms with van der Waals surface area (Å²) in [5, 5.41) is 8.55. The highest BCUT2D eigenvalue weighted by Gasteiger charge is 2.38. The maximum absolute atomic E-state index is 10.4. The lowest BCUT2D eigenvalue weighted by Crippen LogP contribution is -2.55. The van der Waals surface area contributed by atoms with E-state index in [1.54, 1.807) is 0 Å². The molecular formula is C11H19NO3. The third-order valence-corrected chi connectivity index (χ3v) is 3.31. The van der Waals surface area contributed by atoms with Crippen molar-refractivity contribution < 1.29 is 14.6 Å². The molecule has 0 aromatic heterocycles. The molecule has 0 aliphatic carbocycles. The number of hydrogen-bond donors (Lipinski definition) is 1. The summed E-state index contributed by atoms with van der Waals surface area (Å²) in [6.07, 6.45) is 1.15. The van der Waals surface area contributed by atoms with Crippen molar-refractivity contribution in [1.29, 1.82) is 0 Å². The molecule has 0 aromatic rings. The Morgan fingerprint density at radius 2 is 2.20 bits per heavy atom. The topological polar surface area (TPSA) is 49.8 Å². The minimum absolute atomic E-state index is 0.318. The summed E-state index contributed by atoms with van der Waals surface area (Å²) in [4.78, 5) is 12.8. The van der Waals surface area contributed by atoms with Crippen LogP contribution in [-0.2, 0) is 9.53 Å². The van der Waals surface area contributed by atoms with Gasteiger partial charge in [-0.15, -0.1) is 0 Å². The van der Waals surface area contributed by atoms with Gasteiger partial charge in [-0.3, -0.25) is 4.79 Å². The van der Waals surface area contributed by atoms with Crippen molar-refractivity contribution >= 4 is 5.97 Å². The minimum atomic E-state index is -0.673. The zero-order valence-corrected chi connectivity index (χ0v) is 9.24. The van der Waals surface area contributed by atoms with E-state index in [1.165, 1.54) is 0 Å². The fourth-order valence-corrected chi connectivity index (χ4v) is 2.40. The number of carboxylic acids is 1. The molecule has 0 unspecified atom stereocenters. The Bertz CT molecular complexity index is 244. The molecular weight excluding hydrogens is 194 g/mol. The number of hydrogen-bond acceptors (Lipinski definition) is 3. The van der Waals surface area contributed by atoms with Gasteiger partial charge in [0.15, 0.2) is 0 Å². The average molecular weight is 213 g/mol. The number of nitrogens with zero attached hydrogens (tertiary/aromatic N) is 1. The lowest BCUT2D eigenvalue weighted by Gasteiger charge is -2.47. The average Bonchev–Trinajstić information content (AvgIpc) is 2.05. The van der Waals surface area contributed by atoms with E-state index in [1.807, 2.05) is 0 Å². The Hall–Kier alpha value is -0.610. The molecule has 4 nitrogen and oxygen atoms in total. The molecule has 86 valence electrons. The van der Waals surface area contributed by atoms with E-state index in [0.29, 0.717) is 17.8 Å². The molecule has 2 rings (SSSR count). The van der Waals surface area contributed by atoms with Crippen molar-refractivity contribution in [2.45, 2.75) is 19.8 Å². The number of aliphatic carboxylic acids is 1. The minimum Gasteiger partial charge on any atom is -0.481 e. The maximum atomic E-state index is 10.4. The second-order valence-electron chi connectivity index (χ2n) is 5.30. The zero-order chi connectivity index (χ0) is 10.9. The second kappa shape index (κ2) is 4.10. The van der Waals surface area contributed by atoms with E-state index in [0.717, 1.165) is 39.3 Å². The number of rotatable bonds is 5. The molecule has 2 fully saturated rings. The van der Waals surface area contributed by atoms with Crippen LogP contribution in [0.15, 0.2) is 0 Å². The van der Waals surface area contributed by atoms with Gasteiger partial charge in [0.2, 0.25) is 0 Å². The monoisotopic (exact) mass is 213 g/mol.